The summed E-state index contributed by atoms with van der Waals surface area (Å²) < 4.78 is 6.52. The van der Waals surface area contributed by atoms with E-state index in [9.17, 15) is 4.79 Å². The summed E-state index contributed by atoms with van der Waals surface area (Å²) in [6, 6.07) is 13.5. The topological polar surface area (TPSA) is 26.3 Å². The zero-order valence-corrected chi connectivity index (χ0v) is 11.6. The minimum atomic E-state index is 0.461. The van der Waals surface area contributed by atoms with Crippen LogP contribution in [0.25, 0.3) is 0 Å². The second-order valence-corrected chi connectivity index (χ2v) is 4.99. The van der Waals surface area contributed by atoms with Gasteiger partial charge in [-0.3, -0.25) is 4.79 Å². The number of carbonyl (C=O) groups is 1. The second kappa shape index (κ2) is 5.83. The maximum absolute atomic E-state index is 10.9. The van der Waals surface area contributed by atoms with E-state index in [1.54, 1.807) is 12.1 Å². The maximum Gasteiger partial charge on any atom is 0.153 e. The Labute approximate surface area is 115 Å². The van der Waals surface area contributed by atoms with Crippen molar-refractivity contribution < 1.29 is 9.53 Å². The van der Waals surface area contributed by atoms with Crippen LogP contribution < -0.4 is 4.74 Å². The number of aryl methyl sites for hydroxylation is 1. The van der Waals surface area contributed by atoms with E-state index in [1.807, 2.05) is 37.3 Å². The Hall–Kier alpha value is -1.61. The third kappa shape index (κ3) is 3.20. The van der Waals surface area contributed by atoms with Gasteiger partial charge in [-0.15, -0.1) is 0 Å². The van der Waals surface area contributed by atoms with Crippen molar-refractivity contribution in [1.29, 1.82) is 0 Å². The Morgan fingerprint density at radius 3 is 2.56 bits per heavy atom. The van der Waals surface area contributed by atoms with Crippen LogP contribution in [0.5, 0.6) is 5.75 Å². The molecule has 0 aliphatic heterocycles. The maximum atomic E-state index is 10.9. The number of aldehydes is 1. The zero-order chi connectivity index (χ0) is 13.0. The summed E-state index contributed by atoms with van der Waals surface area (Å²) in [5, 5.41) is 0. The van der Waals surface area contributed by atoms with Gasteiger partial charge in [0.25, 0.3) is 0 Å². The molecular weight excluding hydrogens is 292 g/mol. The molecule has 0 spiro atoms. The molecule has 0 aliphatic carbocycles. The summed E-state index contributed by atoms with van der Waals surface area (Å²) in [4.78, 5) is 10.9. The fourth-order valence-electron chi connectivity index (χ4n) is 1.59. The first-order chi connectivity index (χ1) is 8.69. The average molecular weight is 305 g/mol. The van der Waals surface area contributed by atoms with Gasteiger partial charge >= 0.3 is 0 Å². The molecule has 2 rings (SSSR count). The first kappa shape index (κ1) is 12.8. The average Bonchev–Trinajstić information content (AvgIpc) is 2.39. The smallest absolute Gasteiger partial charge is 0.153 e. The first-order valence-corrected chi connectivity index (χ1v) is 6.41. The second-order valence-electron chi connectivity index (χ2n) is 4.07. The quantitative estimate of drug-likeness (QED) is 0.793. The minimum Gasteiger partial charge on any atom is -0.488 e. The van der Waals surface area contributed by atoms with Crippen LogP contribution in [0.4, 0.5) is 0 Å². The molecule has 18 heavy (non-hydrogen) atoms. The lowest BCUT2D eigenvalue weighted by Gasteiger charge is -2.09. The molecule has 2 nitrogen and oxygen atoms in total. The summed E-state index contributed by atoms with van der Waals surface area (Å²) in [5.41, 5.74) is 2.85. The minimum absolute atomic E-state index is 0.461. The molecule has 92 valence electrons. The molecule has 0 atom stereocenters. The van der Waals surface area contributed by atoms with Crippen molar-refractivity contribution in [3.63, 3.8) is 0 Å². The molecule has 0 fully saturated rings. The van der Waals surface area contributed by atoms with Gasteiger partial charge in [0, 0.05) is 4.47 Å². The number of carbonyl (C=O) groups excluding carboxylic acids is 1. The number of hydrogen-bond donors (Lipinski definition) is 0. The molecule has 3 heteroatoms. The van der Waals surface area contributed by atoms with E-state index in [-0.39, 0.29) is 0 Å². The van der Waals surface area contributed by atoms with Crippen molar-refractivity contribution in [2.75, 3.05) is 0 Å². The van der Waals surface area contributed by atoms with Crippen LogP contribution in [0.3, 0.4) is 0 Å². The Kier molecular flexibility index (Phi) is 4.15. The fourth-order valence-corrected chi connectivity index (χ4v) is 1.97. The van der Waals surface area contributed by atoms with E-state index in [0.29, 0.717) is 17.9 Å². The number of halogens is 1. The van der Waals surface area contributed by atoms with Crippen molar-refractivity contribution >= 4 is 22.2 Å². The highest BCUT2D eigenvalue weighted by Crippen LogP contribution is 2.22. The molecule has 0 aliphatic rings. The van der Waals surface area contributed by atoms with Gasteiger partial charge in [0.1, 0.15) is 12.4 Å². The number of hydrogen-bond acceptors (Lipinski definition) is 2. The molecule has 0 unspecified atom stereocenters. The van der Waals surface area contributed by atoms with Crippen LogP contribution in [-0.4, -0.2) is 6.29 Å². The Bertz CT molecular complexity index is 547. The van der Waals surface area contributed by atoms with Gasteiger partial charge in [-0.1, -0.05) is 45.8 Å². The van der Waals surface area contributed by atoms with Crippen molar-refractivity contribution in [1.82, 2.24) is 0 Å². The van der Waals surface area contributed by atoms with Gasteiger partial charge in [-0.25, -0.2) is 0 Å². The molecule has 0 bridgehead atoms. The van der Waals surface area contributed by atoms with Gasteiger partial charge in [0.15, 0.2) is 6.29 Å². The van der Waals surface area contributed by atoms with Gasteiger partial charge in [0.05, 0.1) is 5.56 Å². The van der Waals surface area contributed by atoms with Crippen LogP contribution in [0.15, 0.2) is 46.9 Å². The highest BCUT2D eigenvalue weighted by atomic mass is 79.9. The molecule has 0 saturated heterocycles. The number of rotatable bonds is 4. The molecule has 0 heterocycles. The van der Waals surface area contributed by atoms with Gasteiger partial charge in [0.2, 0.25) is 0 Å². The van der Waals surface area contributed by atoms with E-state index in [4.69, 9.17) is 4.74 Å². The monoisotopic (exact) mass is 304 g/mol. The number of ether oxygens (including phenoxy) is 1. The summed E-state index contributed by atoms with van der Waals surface area (Å²) in [7, 11) is 0. The molecule has 2 aromatic carbocycles. The first-order valence-electron chi connectivity index (χ1n) is 5.62. The van der Waals surface area contributed by atoms with Gasteiger partial charge in [-0.05, 0) is 30.7 Å². The lowest BCUT2D eigenvalue weighted by atomic mass is 10.1. The molecule has 0 aromatic heterocycles. The molecule has 0 radical (unpaired) electrons. The summed E-state index contributed by atoms with van der Waals surface area (Å²) in [6.07, 6.45) is 0.801. The van der Waals surface area contributed by atoms with Crippen LogP contribution in [-0.2, 0) is 6.61 Å². The predicted octanol–water partition coefficient (Wildman–Crippen LogP) is 4.15. The van der Waals surface area contributed by atoms with Crippen molar-refractivity contribution in [3.05, 3.63) is 63.6 Å². The van der Waals surface area contributed by atoms with Crippen LogP contribution in [0.2, 0.25) is 0 Å². The zero-order valence-electron chi connectivity index (χ0n) is 10.0. The van der Waals surface area contributed by atoms with Crippen molar-refractivity contribution in [2.24, 2.45) is 0 Å². The number of benzene rings is 2. The standard InChI is InChI=1S/C15H13BrO2/c1-11-2-4-12(5-3-11)10-18-15-7-6-14(16)8-13(15)9-17/h2-9H,10H2,1H3. The molecular formula is C15H13BrO2. The SMILES string of the molecule is Cc1ccc(COc2ccc(Br)cc2C=O)cc1. The summed E-state index contributed by atoms with van der Waals surface area (Å²) in [5.74, 6) is 0.605. The van der Waals surface area contributed by atoms with Crippen LogP contribution in [0, 0.1) is 6.92 Å². The van der Waals surface area contributed by atoms with Crippen LogP contribution >= 0.6 is 15.9 Å². The molecule has 2 aromatic rings. The van der Waals surface area contributed by atoms with Gasteiger partial charge < -0.3 is 4.74 Å². The highest BCUT2D eigenvalue weighted by molar-refractivity contribution is 9.10. The molecule has 0 saturated carbocycles. The van der Waals surface area contributed by atoms with Crippen molar-refractivity contribution in [3.8, 4) is 5.75 Å². The normalized spacial score (nSPS) is 10.1. The van der Waals surface area contributed by atoms with E-state index in [0.717, 1.165) is 16.3 Å². The third-order valence-corrected chi connectivity index (χ3v) is 3.11. The summed E-state index contributed by atoms with van der Waals surface area (Å²) in [6.45, 7) is 2.51. The molecule has 0 amide bonds. The van der Waals surface area contributed by atoms with E-state index < -0.39 is 0 Å². The largest absolute Gasteiger partial charge is 0.488 e. The Morgan fingerprint density at radius 1 is 1.17 bits per heavy atom. The van der Waals surface area contributed by atoms with Crippen LogP contribution in [0.1, 0.15) is 21.5 Å². The third-order valence-electron chi connectivity index (χ3n) is 2.61. The lowest BCUT2D eigenvalue weighted by Crippen LogP contribution is -1.98. The fraction of sp³-hybridized carbons (Fsp3) is 0.133. The van der Waals surface area contributed by atoms with Crippen molar-refractivity contribution in [2.45, 2.75) is 13.5 Å². The van der Waals surface area contributed by atoms with E-state index in [1.165, 1.54) is 5.56 Å². The Balaban J connectivity index is 2.10. The van der Waals surface area contributed by atoms with Gasteiger partial charge in [-0.2, -0.15) is 0 Å². The lowest BCUT2D eigenvalue weighted by molar-refractivity contribution is 0.111. The predicted molar refractivity (Wildman–Crippen MR) is 75.0 cm³/mol. The summed E-state index contributed by atoms with van der Waals surface area (Å²) >= 11 is 3.33. The van der Waals surface area contributed by atoms with E-state index in [2.05, 4.69) is 15.9 Å². The molecule has 0 N–H and O–H groups in total. The highest BCUT2D eigenvalue weighted by Gasteiger charge is 2.04. The Morgan fingerprint density at radius 2 is 1.89 bits per heavy atom. The van der Waals surface area contributed by atoms with E-state index >= 15 is 0 Å².